The fraction of sp³-hybridized carbons (Fsp3) is 0.176. The number of anilines is 1. The van der Waals surface area contributed by atoms with Crippen LogP contribution in [0.1, 0.15) is 12.7 Å². The first-order chi connectivity index (χ1) is 12.2. The summed E-state index contributed by atoms with van der Waals surface area (Å²) in [5.41, 5.74) is 4.07. The van der Waals surface area contributed by atoms with Crippen LogP contribution in [-0.4, -0.2) is 31.2 Å². The molecule has 0 atom stereocenters. The van der Waals surface area contributed by atoms with Crippen LogP contribution in [0.5, 0.6) is 5.75 Å². The maximum absolute atomic E-state index is 12.1. The minimum absolute atomic E-state index is 0.0791. The van der Waals surface area contributed by atoms with E-state index in [2.05, 4.69) is 24.0 Å². The van der Waals surface area contributed by atoms with Gasteiger partial charge in [0.15, 0.2) is 6.61 Å². The highest BCUT2D eigenvalue weighted by atomic mass is 32.1. The Bertz CT molecular complexity index is 1060. The largest absolute Gasteiger partial charge is 0.484 e. The lowest BCUT2D eigenvalue weighted by Crippen LogP contribution is -2.20. The smallest absolute Gasteiger partial charge is 0.262 e. The van der Waals surface area contributed by atoms with Crippen molar-refractivity contribution in [3.63, 3.8) is 0 Å². The number of aromatic amines is 1. The van der Waals surface area contributed by atoms with Crippen molar-refractivity contribution in [1.82, 2.24) is 18.7 Å². The van der Waals surface area contributed by atoms with Crippen LogP contribution >= 0.6 is 11.7 Å². The average molecular weight is 353 g/mol. The molecule has 0 aliphatic heterocycles. The highest BCUT2D eigenvalue weighted by molar-refractivity contribution is 7.00. The molecule has 1 amide bonds. The Kier molecular flexibility index (Phi) is 4.02. The Labute approximate surface area is 147 Å². The van der Waals surface area contributed by atoms with Gasteiger partial charge in [-0.15, -0.1) is 0 Å². The molecule has 0 fully saturated rings. The molecule has 8 heteroatoms. The predicted octanol–water partition coefficient (Wildman–Crippen LogP) is 3.15. The van der Waals surface area contributed by atoms with E-state index in [1.807, 2.05) is 31.2 Å². The molecule has 0 aliphatic rings. The number of rotatable bonds is 5. The third-order valence-corrected chi connectivity index (χ3v) is 4.30. The Balaban J connectivity index is 1.41. The molecule has 0 saturated carbocycles. The van der Waals surface area contributed by atoms with Gasteiger partial charge in [-0.3, -0.25) is 4.79 Å². The minimum atomic E-state index is -0.230. The summed E-state index contributed by atoms with van der Waals surface area (Å²) in [4.78, 5) is 19.8. The Morgan fingerprint density at radius 1 is 1.16 bits per heavy atom. The zero-order valence-corrected chi connectivity index (χ0v) is 14.3. The molecule has 0 aliphatic carbocycles. The molecule has 0 saturated heterocycles. The lowest BCUT2D eigenvalue weighted by atomic mass is 10.3. The van der Waals surface area contributed by atoms with E-state index < -0.39 is 0 Å². The maximum Gasteiger partial charge on any atom is 0.262 e. The quantitative estimate of drug-likeness (QED) is 0.575. The fourth-order valence-corrected chi connectivity index (χ4v) is 3.02. The molecule has 2 heterocycles. The number of nitrogens with one attached hydrogen (secondary N) is 2. The van der Waals surface area contributed by atoms with Gasteiger partial charge in [0.25, 0.3) is 5.91 Å². The van der Waals surface area contributed by atoms with Crippen LogP contribution < -0.4 is 10.1 Å². The molecule has 126 valence electrons. The first-order valence-corrected chi connectivity index (χ1v) is 8.58. The van der Waals surface area contributed by atoms with Crippen LogP contribution in [-0.2, 0) is 11.2 Å². The van der Waals surface area contributed by atoms with Crippen molar-refractivity contribution >= 4 is 45.4 Å². The standard InChI is InChI=1S/C17H15N5O2S/c1-2-16-19-12-5-3-10(7-14(12)20-16)18-17(23)9-24-11-4-6-13-15(8-11)22-25-21-13/h3-8H,2,9H2,1H3,(H,18,23)(H,19,20). The van der Waals surface area contributed by atoms with Gasteiger partial charge in [0.1, 0.15) is 22.6 Å². The van der Waals surface area contributed by atoms with E-state index in [-0.39, 0.29) is 12.5 Å². The first-order valence-electron chi connectivity index (χ1n) is 7.85. The second-order valence-electron chi connectivity index (χ2n) is 5.52. The molecule has 0 unspecified atom stereocenters. The molecule has 0 radical (unpaired) electrons. The Morgan fingerprint density at radius 3 is 2.88 bits per heavy atom. The monoisotopic (exact) mass is 353 g/mol. The molecule has 4 rings (SSSR count). The molecule has 0 spiro atoms. The van der Waals surface area contributed by atoms with Gasteiger partial charge in [-0.05, 0) is 30.3 Å². The van der Waals surface area contributed by atoms with Crippen LogP contribution in [0.2, 0.25) is 0 Å². The van der Waals surface area contributed by atoms with Crippen LogP contribution in [0.3, 0.4) is 0 Å². The normalized spacial score (nSPS) is 11.1. The molecule has 2 N–H and O–H groups in total. The summed E-state index contributed by atoms with van der Waals surface area (Å²) in [6, 6.07) is 10.9. The van der Waals surface area contributed by atoms with E-state index in [4.69, 9.17) is 4.74 Å². The summed E-state index contributed by atoms with van der Waals surface area (Å²) in [6.07, 6.45) is 0.836. The summed E-state index contributed by atoms with van der Waals surface area (Å²) in [6.45, 7) is 1.96. The number of hydrogen-bond donors (Lipinski definition) is 2. The molecule has 7 nitrogen and oxygen atoms in total. The molecule has 4 aromatic rings. The van der Waals surface area contributed by atoms with Crippen LogP contribution in [0.15, 0.2) is 36.4 Å². The van der Waals surface area contributed by atoms with E-state index in [9.17, 15) is 4.79 Å². The number of ether oxygens (including phenoxy) is 1. The Hall–Kier alpha value is -3.00. The number of fused-ring (bicyclic) bond motifs is 2. The van der Waals surface area contributed by atoms with Gasteiger partial charge in [0.05, 0.1) is 22.8 Å². The lowest BCUT2D eigenvalue weighted by Gasteiger charge is -2.07. The number of aryl methyl sites for hydroxylation is 1. The van der Waals surface area contributed by atoms with Crippen molar-refractivity contribution in [1.29, 1.82) is 0 Å². The average Bonchev–Trinajstić information content (AvgIpc) is 3.25. The fourth-order valence-electron chi connectivity index (χ4n) is 2.51. The van der Waals surface area contributed by atoms with E-state index in [1.165, 1.54) is 0 Å². The summed E-state index contributed by atoms with van der Waals surface area (Å²) in [5.74, 6) is 1.28. The van der Waals surface area contributed by atoms with Crippen LogP contribution in [0, 0.1) is 0 Å². The number of aromatic nitrogens is 4. The van der Waals surface area contributed by atoms with Gasteiger partial charge in [-0.25, -0.2) is 4.98 Å². The highest BCUT2D eigenvalue weighted by Gasteiger charge is 2.07. The molecule has 2 aromatic heterocycles. The third-order valence-electron chi connectivity index (χ3n) is 3.74. The maximum atomic E-state index is 12.1. The van der Waals surface area contributed by atoms with Gasteiger partial charge in [0.2, 0.25) is 0 Å². The van der Waals surface area contributed by atoms with Crippen LogP contribution in [0.25, 0.3) is 22.1 Å². The highest BCUT2D eigenvalue weighted by Crippen LogP contribution is 2.20. The van der Waals surface area contributed by atoms with Crippen molar-refractivity contribution in [2.75, 3.05) is 11.9 Å². The van der Waals surface area contributed by atoms with E-state index in [1.54, 1.807) is 12.1 Å². The van der Waals surface area contributed by atoms with Crippen molar-refractivity contribution in [3.8, 4) is 5.75 Å². The summed E-state index contributed by atoms with van der Waals surface area (Å²) in [7, 11) is 0. The molecular weight excluding hydrogens is 338 g/mol. The van der Waals surface area contributed by atoms with Gasteiger partial charge >= 0.3 is 0 Å². The summed E-state index contributed by atoms with van der Waals surface area (Å²) < 4.78 is 13.8. The first kappa shape index (κ1) is 15.5. The van der Waals surface area contributed by atoms with Crippen LogP contribution in [0.4, 0.5) is 5.69 Å². The van der Waals surface area contributed by atoms with Crippen molar-refractivity contribution in [2.24, 2.45) is 0 Å². The van der Waals surface area contributed by atoms with Gasteiger partial charge in [0, 0.05) is 18.2 Å². The second-order valence-corrected chi connectivity index (χ2v) is 6.05. The van der Waals surface area contributed by atoms with E-state index >= 15 is 0 Å². The zero-order valence-electron chi connectivity index (χ0n) is 13.4. The van der Waals surface area contributed by atoms with Gasteiger partial charge < -0.3 is 15.0 Å². The summed E-state index contributed by atoms with van der Waals surface area (Å²) in [5, 5.41) is 2.83. The number of benzene rings is 2. The van der Waals surface area contributed by atoms with Crippen molar-refractivity contribution in [3.05, 3.63) is 42.2 Å². The van der Waals surface area contributed by atoms with Gasteiger partial charge in [-0.2, -0.15) is 8.75 Å². The number of nitrogens with zero attached hydrogens (tertiary/aromatic N) is 3. The SMILES string of the molecule is CCc1nc2ccc(NC(=O)COc3ccc4nsnc4c3)cc2[nH]1. The van der Waals surface area contributed by atoms with Crippen molar-refractivity contribution < 1.29 is 9.53 Å². The molecule has 0 bridgehead atoms. The van der Waals surface area contributed by atoms with Gasteiger partial charge in [-0.1, -0.05) is 6.92 Å². The number of carbonyl (C=O) groups is 1. The third kappa shape index (κ3) is 3.29. The number of imidazole rings is 1. The second kappa shape index (κ2) is 6.48. The predicted molar refractivity (Wildman–Crippen MR) is 97.0 cm³/mol. The topological polar surface area (TPSA) is 92.8 Å². The van der Waals surface area contributed by atoms with E-state index in [0.717, 1.165) is 46.0 Å². The number of amides is 1. The Morgan fingerprint density at radius 2 is 2.00 bits per heavy atom. The number of hydrogen-bond acceptors (Lipinski definition) is 6. The minimum Gasteiger partial charge on any atom is -0.484 e. The number of H-pyrrole nitrogens is 1. The molecule has 25 heavy (non-hydrogen) atoms. The van der Waals surface area contributed by atoms with E-state index in [0.29, 0.717) is 11.4 Å². The number of carbonyl (C=O) groups excluding carboxylic acids is 1. The van der Waals surface area contributed by atoms with Crippen molar-refractivity contribution in [2.45, 2.75) is 13.3 Å². The summed E-state index contributed by atoms with van der Waals surface area (Å²) >= 11 is 1.15. The molecular formula is C17H15N5O2S. The zero-order chi connectivity index (χ0) is 17.2. The molecule has 2 aromatic carbocycles. The lowest BCUT2D eigenvalue weighted by molar-refractivity contribution is -0.118.